The van der Waals surface area contributed by atoms with E-state index in [4.69, 9.17) is 5.26 Å². The molecule has 1 fully saturated rings. The average Bonchev–Trinajstić information content (AvgIpc) is 2.31. The van der Waals surface area contributed by atoms with Crippen molar-refractivity contribution >= 4 is 11.8 Å². The monoisotopic (exact) mass is 219 g/mol. The number of nitriles is 1. The van der Waals surface area contributed by atoms with Crippen molar-refractivity contribution < 1.29 is 0 Å². The fourth-order valence-corrected chi connectivity index (χ4v) is 2.65. The van der Waals surface area contributed by atoms with E-state index in [1.807, 2.05) is 23.9 Å². The molecule has 2 rings (SSSR count). The fraction of sp³-hybridized carbons (Fsp3) is 0.455. The van der Waals surface area contributed by atoms with Crippen molar-refractivity contribution in [2.75, 3.05) is 24.6 Å². The zero-order valence-corrected chi connectivity index (χ0v) is 9.33. The van der Waals surface area contributed by atoms with E-state index >= 15 is 0 Å². The summed E-state index contributed by atoms with van der Waals surface area (Å²) in [6, 6.07) is 6.03. The summed E-state index contributed by atoms with van der Waals surface area (Å²) in [5, 5.41) is 8.91. The van der Waals surface area contributed by atoms with Crippen LogP contribution >= 0.6 is 11.8 Å². The van der Waals surface area contributed by atoms with Crippen LogP contribution in [-0.2, 0) is 6.54 Å². The highest BCUT2D eigenvalue weighted by atomic mass is 32.2. The van der Waals surface area contributed by atoms with Crippen LogP contribution in [0.15, 0.2) is 18.3 Å². The maximum Gasteiger partial charge on any atom is 0.144 e. The summed E-state index contributed by atoms with van der Waals surface area (Å²) in [5.74, 6) is 2.39. The van der Waals surface area contributed by atoms with E-state index in [1.165, 1.54) is 11.5 Å². The Morgan fingerprint density at radius 3 is 3.00 bits per heavy atom. The van der Waals surface area contributed by atoms with Crippen molar-refractivity contribution in [2.24, 2.45) is 0 Å². The maximum absolute atomic E-state index is 8.91. The van der Waals surface area contributed by atoms with E-state index in [2.05, 4.69) is 16.0 Å². The van der Waals surface area contributed by atoms with Gasteiger partial charge < -0.3 is 0 Å². The zero-order valence-electron chi connectivity index (χ0n) is 8.52. The molecule has 1 aliphatic heterocycles. The second-order valence-corrected chi connectivity index (χ2v) is 4.74. The highest BCUT2D eigenvalue weighted by Crippen LogP contribution is 2.14. The van der Waals surface area contributed by atoms with Crippen LogP contribution in [-0.4, -0.2) is 34.5 Å². The van der Waals surface area contributed by atoms with Crippen molar-refractivity contribution in [3.8, 4) is 6.07 Å². The molecule has 1 aromatic rings. The molecule has 3 nitrogen and oxygen atoms in total. The quantitative estimate of drug-likeness (QED) is 0.756. The minimum Gasteiger partial charge on any atom is -0.297 e. The number of nitrogens with zero attached hydrogens (tertiary/aromatic N) is 3. The van der Waals surface area contributed by atoms with Crippen molar-refractivity contribution in [2.45, 2.75) is 6.54 Å². The van der Waals surface area contributed by atoms with Gasteiger partial charge in [0.25, 0.3) is 0 Å². The van der Waals surface area contributed by atoms with Crippen LogP contribution < -0.4 is 0 Å². The number of hydrogen-bond donors (Lipinski definition) is 0. The molecule has 1 aromatic heterocycles. The molecule has 2 heterocycles. The first-order valence-electron chi connectivity index (χ1n) is 5.04. The number of rotatable bonds is 2. The van der Waals surface area contributed by atoms with Gasteiger partial charge in [-0.2, -0.15) is 17.0 Å². The lowest BCUT2D eigenvalue weighted by molar-refractivity contribution is 0.294. The molecule has 0 bridgehead atoms. The predicted octanol–water partition coefficient (Wildman–Crippen LogP) is 1.50. The van der Waals surface area contributed by atoms with Crippen molar-refractivity contribution in [3.63, 3.8) is 0 Å². The van der Waals surface area contributed by atoms with Gasteiger partial charge in [0.1, 0.15) is 11.8 Å². The van der Waals surface area contributed by atoms with Crippen molar-refractivity contribution in [1.82, 2.24) is 9.88 Å². The number of hydrogen-bond acceptors (Lipinski definition) is 4. The van der Waals surface area contributed by atoms with Gasteiger partial charge in [-0.25, -0.2) is 4.98 Å². The Bertz CT molecular complexity index is 366. The summed E-state index contributed by atoms with van der Waals surface area (Å²) in [6.07, 6.45) is 1.67. The lowest BCUT2D eigenvalue weighted by atomic mass is 10.2. The van der Waals surface area contributed by atoms with Gasteiger partial charge in [0, 0.05) is 42.9 Å². The van der Waals surface area contributed by atoms with Gasteiger partial charge in [-0.1, -0.05) is 6.07 Å². The summed E-state index contributed by atoms with van der Waals surface area (Å²) >= 11 is 2.00. The molecule has 0 spiro atoms. The molecule has 0 aromatic carbocycles. The van der Waals surface area contributed by atoms with E-state index < -0.39 is 0 Å². The standard InChI is InChI=1S/C11H13N3S/c12-8-11-10(2-1-3-13-11)9-14-4-6-15-7-5-14/h1-3H,4-7,9H2. The lowest BCUT2D eigenvalue weighted by Gasteiger charge is -2.26. The molecule has 78 valence electrons. The molecule has 0 amide bonds. The van der Waals surface area contributed by atoms with Crippen LogP contribution in [0.1, 0.15) is 11.3 Å². The highest BCUT2D eigenvalue weighted by molar-refractivity contribution is 7.99. The molecule has 0 radical (unpaired) electrons. The number of pyridine rings is 1. The summed E-state index contributed by atoms with van der Waals surface area (Å²) in [7, 11) is 0. The minimum absolute atomic E-state index is 0.565. The molecule has 0 aliphatic carbocycles. The first-order valence-corrected chi connectivity index (χ1v) is 6.20. The Balaban J connectivity index is 2.06. The van der Waals surface area contributed by atoms with Crippen LogP contribution in [0.3, 0.4) is 0 Å². The van der Waals surface area contributed by atoms with Crippen LogP contribution in [0.5, 0.6) is 0 Å². The van der Waals surface area contributed by atoms with Gasteiger partial charge in [0.15, 0.2) is 0 Å². The molecule has 0 saturated carbocycles. The van der Waals surface area contributed by atoms with E-state index in [9.17, 15) is 0 Å². The largest absolute Gasteiger partial charge is 0.297 e. The van der Waals surface area contributed by atoms with Gasteiger partial charge in [-0.3, -0.25) is 4.90 Å². The third-order valence-electron chi connectivity index (χ3n) is 2.49. The maximum atomic E-state index is 8.91. The van der Waals surface area contributed by atoms with Gasteiger partial charge >= 0.3 is 0 Å². The summed E-state index contributed by atoms with van der Waals surface area (Å²) in [5.41, 5.74) is 1.61. The van der Waals surface area contributed by atoms with Gasteiger partial charge in [0.05, 0.1) is 0 Å². The summed E-state index contributed by atoms with van der Waals surface area (Å²) < 4.78 is 0. The molecule has 0 unspecified atom stereocenters. The van der Waals surface area contributed by atoms with E-state index in [0.29, 0.717) is 5.69 Å². The SMILES string of the molecule is N#Cc1ncccc1CN1CCSCC1. The number of aromatic nitrogens is 1. The zero-order chi connectivity index (χ0) is 10.5. The Morgan fingerprint density at radius 2 is 2.27 bits per heavy atom. The molecule has 0 atom stereocenters. The summed E-state index contributed by atoms with van der Waals surface area (Å²) in [4.78, 5) is 6.45. The van der Waals surface area contributed by atoms with Crippen LogP contribution in [0, 0.1) is 11.3 Å². The van der Waals surface area contributed by atoms with Crippen molar-refractivity contribution in [1.29, 1.82) is 5.26 Å². The predicted molar refractivity (Wildman–Crippen MR) is 61.6 cm³/mol. The Kier molecular flexibility index (Phi) is 3.59. The Labute approximate surface area is 94.1 Å². The van der Waals surface area contributed by atoms with Crippen molar-refractivity contribution in [3.05, 3.63) is 29.6 Å². The third kappa shape index (κ3) is 2.71. The molecular formula is C11H13N3S. The second-order valence-electron chi connectivity index (χ2n) is 3.51. The average molecular weight is 219 g/mol. The first-order chi connectivity index (χ1) is 7.40. The topological polar surface area (TPSA) is 39.9 Å². The van der Waals surface area contributed by atoms with Crippen LogP contribution in [0.4, 0.5) is 0 Å². The highest BCUT2D eigenvalue weighted by Gasteiger charge is 2.12. The Morgan fingerprint density at radius 1 is 1.47 bits per heavy atom. The smallest absolute Gasteiger partial charge is 0.144 e. The molecule has 1 saturated heterocycles. The normalized spacial score (nSPS) is 17.3. The Hall–Kier alpha value is -1.05. The molecule has 15 heavy (non-hydrogen) atoms. The second kappa shape index (κ2) is 5.15. The summed E-state index contributed by atoms with van der Waals surface area (Å²) in [6.45, 7) is 3.09. The first kappa shape index (κ1) is 10.5. The van der Waals surface area contributed by atoms with Gasteiger partial charge in [-0.05, 0) is 6.07 Å². The number of thioether (sulfide) groups is 1. The van der Waals surface area contributed by atoms with Crippen LogP contribution in [0.25, 0.3) is 0 Å². The molecule has 0 N–H and O–H groups in total. The van der Waals surface area contributed by atoms with E-state index in [1.54, 1.807) is 6.20 Å². The molecule has 4 heteroatoms. The van der Waals surface area contributed by atoms with Gasteiger partial charge in [-0.15, -0.1) is 0 Å². The third-order valence-corrected chi connectivity index (χ3v) is 3.44. The molecule has 1 aliphatic rings. The fourth-order valence-electron chi connectivity index (χ4n) is 1.67. The van der Waals surface area contributed by atoms with Gasteiger partial charge in [0.2, 0.25) is 0 Å². The minimum atomic E-state index is 0.565. The van der Waals surface area contributed by atoms with E-state index in [-0.39, 0.29) is 0 Å². The van der Waals surface area contributed by atoms with Crippen LogP contribution in [0.2, 0.25) is 0 Å². The molecular weight excluding hydrogens is 206 g/mol. The van der Waals surface area contributed by atoms with E-state index in [0.717, 1.165) is 25.2 Å². The lowest BCUT2D eigenvalue weighted by Crippen LogP contribution is -2.32.